The molecule has 7 heteroatoms. The molecule has 23 heavy (non-hydrogen) atoms. The van der Waals surface area contributed by atoms with E-state index in [-0.39, 0.29) is 18.8 Å². The van der Waals surface area contributed by atoms with Crippen LogP contribution in [0.15, 0.2) is 0 Å². The van der Waals surface area contributed by atoms with E-state index in [0.29, 0.717) is 12.6 Å². The minimum atomic E-state index is -0.659. The van der Waals surface area contributed by atoms with Gasteiger partial charge in [0.05, 0.1) is 18.8 Å². The Morgan fingerprint density at radius 2 is 1.78 bits per heavy atom. The molecule has 0 aromatic heterocycles. The van der Waals surface area contributed by atoms with Crippen molar-refractivity contribution in [2.75, 3.05) is 60.6 Å². The van der Waals surface area contributed by atoms with E-state index in [4.69, 9.17) is 9.47 Å². The third-order valence-corrected chi connectivity index (χ3v) is 4.88. The minimum absolute atomic E-state index is 0.0977. The summed E-state index contributed by atoms with van der Waals surface area (Å²) in [4.78, 5) is 4.27. The average molecular weight is 331 g/mol. The van der Waals surface area contributed by atoms with Gasteiger partial charge in [-0.25, -0.2) is 0 Å². The Morgan fingerprint density at radius 1 is 1.09 bits per heavy atom. The maximum Gasteiger partial charge on any atom is 0.109 e. The molecule has 0 aromatic carbocycles. The van der Waals surface area contributed by atoms with Crippen LogP contribution in [0.3, 0.4) is 0 Å². The molecule has 2 fully saturated rings. The molecule has 0 spiro atoms. The molecule has 136 valence electrons. The number of aliphatic hydroxyl groups excluding tert-OH is 2. The zero-order valence-electron chi connectivity index (χ0n) is 14.6. The van der Waals surface area contributed by atoms with Gasteiger partial charge in [-0.3, -0.25) is 4.90 Å². The van der Waals surface area contributed by atoms with Crippen molar-refractivity contribution in [3.05, 3.63) is 0 Å². The number of nitrogens with one attached hydrogen (secondary N) is 1. The lowest BCUT2D eigenvalue weighted by atomic mass is 10.0. The fraction of sp³-hybridized carbons (Fsp3) is 1.00. The van der Waals surface area contributed by atoms with Gasteiger partial charge in [-0.2, -0.15) is 0 Å². The summed E-state index contributed by atoms with van der Waals surface area (Å²) >= 11 is 0. The molecule has 0 saturated carbocycles. The summed E-state index contributed by atoms with van der Waals surface area (Å²) in [6.45, 7) is 3.92. The second-order valence-corrected chi connectivity index (χ2v) is 6.96. The number of ether oxygens (including phenoxy) is 2. The molecule has 2 aliphatic rings. The maximum absolute atomic E-state index is 10.5. The first kappa shape index (κ1) is 19.1. The molecule has 2 saturated heterocycles. The number of aliphatic hydroxyl groups is 2. The first-order valence-electron chi connectivity index (χ1n) is 8.63. The highest BCUT2D eigenvalue weighted by atomic mass is 16.5. The Hall–Kier alpha value is -0.280. The molecule has 0 aromatic rings. The van der Waals surface area contributed by atoms with Gasteiger partial charge in [0, 0.05) is 38.9 Å². The lowest BCUT2D eigenvalue weighted by Crippen LogP contribution is -2.51. The summed E-state index contributed by atoms with van der Waals surface area (Å²) < 4.78 is 11.3. The Labute approximate surface area is 139 Å². The van der Waals surface area contributed by atoms with Crippen LogP contribution in [0.2, 0.25) is 0 Å². The van der Waals surface area contributed by atoms with Crippen LogP contribution >= 0.6 is 0 Å². The highest BCUT2D eigenvalue weighted by Gasteiger charge is 2.45. The quantitative estimate of drug-likeness (QED) is 0.512. The molecular formula is C16H33N3O4. The van der Waals surface area contributed by atoms with E-state index in [1.807, 2.05) is 21.1 Å². The van der Waals surface area contributed by atoms with Gasteiger partial charge in [-0.05, 0) is 34.0 Å². The van der Waals surface area contributed by atoms with E-state index in [1.165, 1.54) is 0 Å². The first-order valence-corrected chi connectivity index (χ1v) is 8.63. The van der Waals surface area contributed by atoms with Crippen LogP contribution in [0.4, 0.5) is 0 Å². The van der Waals surface area contributed by atoms with Crippen molar-refractivity contribution in [2.45, 2.75) is 43.2 Å². The second kappa shape index (κ2) is 9.27. The van der Waals surface area contributed by atoms with Gasteiger partial charge >= 0.3 is 0 Å². The van der Waals surface area contributed by atoms with Crippen molar-refractivity contribution >= 4 is 0 Å². The summed E-state index contributed by atoms with van der Waals surface area (Å²) in [6, 6.07) is 0.352. The number of hydrogen-bond acceptors (Lipinski definition) is 7. The van der Waals surface area contributed by atoms with Gasteiger partial charge in [0.25, 0.3) is 0 Å². The van der Waals surface area contributed by atoms with Crippen LogP contribution < -0.4 is 5.32 Å². The van der Waals surface area contributed by atoms with Crippen molar-refractivity contribution in [3.63, 3.8) is 0 Å². The molecule has 0 bridgehead atoms. The summed E-state index contributed by atoms with van der Waals surface area (Å²) in [5.74, 6) is 0. The zero-order chi connectivity index (χ0) is 16.8. The highest BCUT2D eigenvalue weighted by Crippen LogP contribution is 2.25. The van der Waals surface area contributed by atoms with Crippen molar-refractivity contribution in [3.8, 4) is 0 Å². The van der Waals surface area contributed by atoms with Crippen LogP contribution in [-0.2, 0) is 9.47 Å². The zero-order valence-corrected chi connectivity index (χ0v) is 14.6. The highest BCUT2D eigenvalue weighted by molar-refractivity contribution is 4.97. The van der Waals surface area contributed by atoms with Crippen LogP contribution in [-0.4, -0.2) is 111 Å². The van der Waals surface area contributed by atoms with E-state index < -0.39 is 12.2 Å². The van der Waals surface area contributed by atoms with Gasteiger partial charge in [0.1, 0.15) is 12.2 Å². The van der Waals surface area contributed by atoms with E-state index in [0.717, 1.165) is 39.1 Å². The Morgan fingerprint density at radius 3 is 2.39 bits per heavy atom. The molecule has 0 aliphatic carbocycles. The van der Waals surface area contributed by atoms with Crippen molar-refractivity contribution in [1.29, 1.82) is 0 Å². The normalized spacial score (nSPS) is 33.0. The third-order valence-electron chi connectivity index (χ3n) is 4.88. The number of hydrogen-bond donors (Lipinski definition) is 3. The monoisotopic (exact) mass is 331 g/mol. The largest absolute Gasteiger partial charge is 0.394 e. The third kappa shape index (κ3) is 5.35. The predicted octanol–water partition coefficient (Wildman–Crippen LogP) is -1.26. The fourth-order valence-corrected chi connectivity index (χ4v) is 3.38. The van der Waals surface area contributed by atoms with E-state index in [1.54, 1.807) is 0 Å². The van der Waals surface area contributed by atoms with E-state index >= 15 is 0 Å². The van der Waals surface area contributed by atoms with E-state index in [9.17, 15) is 10.2 Å². The topological polar surface area (TPSA) is 77.4 Å². The van der Waals surface area contributed by atoms with Crippen LogP contribution in [0.1, 0.15) is 12.8 Å². The Kier molecular flexibility index (Phi) is 7.68. The smallest absolute Gasteiger partial charge is 0.109 e. The molecule has 0 unspecified atom stereocenters. The minimum Gasteiger partial charge on any atom is -0.394 e. The van der Waals surface area contributed by atoms with Gasteiger partial charge in [-0.15, -0.1) is 0 Å². The number of likely N-dealkylation sites (N-methyl/N-ethyl adjacent to an activating group) is 2. The molecule has 0 amide bonds. The Bertz CT molecular complexity index is 339. The molecule has 2 rings (SSSR count). The first-order chi connectivity index (χ1) is 11.0. The molecule has 7 nitrogen and oxygen atoms in total. The molecular weight excluding hydrogens is 298 g/mol. The predicted molar refractivity (Wildman–Crippen MR) is 88.6 cm³/mol. The molecule has 2 aliphatic heterocycles. The van der Waals surface area contributed by atoms with Crippen molar-refractivity contribution in [2.24, 2.45) is 0 Å². The second-order valence-electron chi connectivity index (χ2n) is 6.96. The lowest BCUT2D eigenvalue weighted by molar-refractivity contribution is -0.0229. The van der Waals surface area contributed by atoms with Gasteiger partial charge in [0.15, 0.2) is 0 Å². The maximum atomic E-state index is 10.5. The van der Waals surface area contributed by atoms with Crippen LogP contribution in [0.25, 0.3) is 0 Å². The summed E-state index contributed by atoms with van der Waals surface area (Å²) in [7, 11) is 6.09. The molecule has 2 heterocycles. The SMILES string of the molecule is CN(C)CCN(C)[C@@H]1[C@H](O)[C@H](CO)O[C@@H]1CNC1CCOCC1. The molecule has 0 radical (unpaired) electrons. The molecule has 3 N–H and O–H groups in total. The Balaban J connectivity index is 1.90. The van der Waals surface area contributed by atoms with Crippen molar-refractivity contribution < 1.29 is 19.7 Å². The van der Waals surface area contributed by atoms with E-state index in [2.05, 4.69) is 15.1 Å². The average Bonchev–Trinajstić information content (AvgIpc) is 2.87. The number of nitrogens with zero attached hydrogens (tertiary/aromatic N) is 2. The summed E-state index contributed by atoms with van der Waals surface area (Å²) in [5.41, 5.74) is 0. The van der Waals surface area contributed by atoms with Crippen molar-refractivity contribution in [1.82, 2.24) is 15.1 Å². The number of rotatable bonds is 8. The van der Waals surface area contributed by atoms with Gasteiger partial charge < -0.3 is 29.9 Å². The standard InChI is InChI=1S/C16H33N3O4/c1-18(2)6-7-19(3)15-13(23-14(11-20)16(15)21)10-17-12-4-8-22-9-5-12/h12-17,20-21H,4-11H2,1-3H3/t13-,14+,15+,16-/m1/s1. The fourth-order valence-electron chi connectivity index (χ4n) is 3.38. The summed E-state index contributed by atoms with van der Waals surface area (Å²) in [5, 5.41) is 23.5. The van der Waals surface area contributed by atoms with Gasteiger partial charge in [-0.1, -0.05) is 0 Å². The van der Waals surface area contributed by atoms with Crippen LogP contribution in [0.5, 0.6) is 0 Å². The summed E-state index contributed by atoms with van der Waals surface area (Å²) in [6.07, 6.45) is 0.758. The van der Waals surface area contributed by atoms with Gasteiger partial charge in [0.2, 0.25) is 0 Å². The molecule has 4 atom stereocenters. The van der Waals surface area contributed by atoms with Crippen LogP contribution in [0, 0.1) is 0 Å². The lowest BCUT2D eigenvalue weighted by Gasteiger charge is -2.32.